The summed E-state index contributed by atoms with van der Waals surface area (Å²) < 4.78 is 7.72. The van der Waals surface area contributed by atoms with Gasteiger partial charge in [-0.25, -0.2) is 4.79 Å². The molecule has 40 heavy (non-hydrogen) atoms. The highest BCUT2D eigenvalue weighted by molar-refractivity contribution is 5.95. The second kappa shape index (κ2) is 9.29. The number of aromatic nitrogens is 4. The zero-order valence-electron chi connectivity index (χ0n) is 23.4. The van der Waals surface area contributed by atoms with Crippen LogP contribution in [0.1, 0.15) is 82.7 Å². The lowest BCUT2D eigenvalue weighted by Gasteiger charge is -2.44. The molecule has 3 aromatic heterocycles. The van der Waals surface area contributed by atoms with Crippen LogP contribution in [0.25, 0.3) is 27.7 Å². The zero-order chi connectivity index (χ0) is 27.5. The first-order valence-corrected chi connectivity index (χ1v) is 14.4. The van der Waals surface area contributed by atoms with Crippen molar-refractivity contribution in [2.45, 2.75) is 82.3 Å². The lowest BCUT2D eigenvalue weighted by atomic mass is 9.69. The SMILES string of the molecule is CC(C)(C)OC(=O)NC1(C2=CCC(c3nc4ccn5c(C6CC6)nnc5c4cc3-c3ccccc3)C=C2)CCC1. The molecule has 1 amide bonds. The van der Waals surface area contributed by atoms with Gasteiger partial charge in [-0.3, -0.25) is 9.38 Å². The van der Waals surface area contributed by atoms with Gasteiger partial charge in [0.15, 0.2) is 5.65 Å². The van der Waals surface area contributed by atoms with Crippen molar-refractivity contribution < 1.29 is 9.53 Å². The minimum atomic E-state index is -0.524. The van der Waals surface area contributed by atoms with Gasteiger partial charge in [-0.05, 0) is 82.6 Å². The van der Waals surface area contributed by atoms with Crippen molar-refractivity contribution in [1.29, 1.82) is 0 Å². The number of hydrogen-bond donors (Lipinski definition) is 1. The maximum atomic E-state index is 12.7. The number of allylic oxidation sites excluding steroid dienone is 2. The lowest BCUT2D eigenvalue weighted by molar-refractivity contribution is 0.0424. The van der Waals surface area contributed by atoms with Crippen LogP contribution in [0.5, 0.6) is 0 Å². The van der Waals surface area contributed by atoms with E-state index in [9.17, 15) is 4.79 Å². The van der Waals surface area contributed by atoms with E-state index in [-0.39, 0.29) is 17.6 Å². The minimum absolute atomic E-state index is 0.123. The summed E-state index contributed by atoms with van der Waals surface area (Å²) in [6.07, 6.45) is 14.6. The molecule has 2 saturated carbocycles. The van der Waals surface area contributed by atoms with Crippen LogP contribution in [0, 0.1) is 0 Å². The highest BCUT2D eigenvalue weighted by atomic mass is 16.6. The van der Waals surface area contributed by atoms with Gasteiger partial charge in [0.05, 0.1) is 16.7 Å². The van der Waals surface area contributed by atoms with Crippen molar-refractivity contribution >= 4 is 22.6 Å². The van der Waals surface area contributed by atoms with Crippen LogP contribution >= 0.6 is 0 Å². The fraction of sp³-hybridized carbons (Fsp3) is 0.394. The van der Waals surface area contributed by atoms with Crippen molar-refractivity contribution in [2.75, 3.05) is 0 Å². The fourth-order valence-electron chi connectivity index (χ4n) is 6.07. The molecule has 0 bridgehead atoms. The molecule has 3 aliphatic rings. The Balaban J connectivity index is 1.24. The summed E-state index contributed by atoms with van der Waals surface area (Å²) in [7, 11) is 0. The largest absolute Gasteiger partial charge is 0.444 e. The predicted octanol–water partition coefficient (Wildman–Crippen LogP) is 7.24. The number of carbonyl (C=O) groups is 1. The van der Waals surface area contributed by atoms with Crippen LogP contribution in [0.2, 0.25) is 0 Å². The van der Waals surface area contributed by atoms with Gasteiger partial charge in [0, 0.05) is 29.0 Å². The normalized spacial score (nSPS) is 20.3. The molecule has 2 fully saturated rings. The molecule has 1 atom stereocenters. The molecule has 204 valence electrons. The van der Waals surface area contributed by atoms with Gasteiger partial charge in [-0.15, -0.1) is 10.2 Å². The molecular formula is C33H35N5O2. The number of ether oxygens (including phenoxy) is 1. The first-order chi connectivity index (χ1) is 19.3. The number of benzene rings is 1. The number of amides is 1. The van der Waals surface area contributed by atoms with Crippen molar-refractivity contribution in [3.05, 3.63) is 84.0 Å². The number of nitrogens with one attached hydrogen (secondary N) is 1. The number of nitrogens with zero attached hydrogens (tertiary/aromatic N) is 4. The third-order valence-corrected chi connectivity index (χ3v) is 8.40. The Morgan fingerprint density at radius 2 is 1.90 bits per heavy atom. The van der Waals surface area contributed by atoms with Crippen LogP contribution in [0.3, 0.4) is 0 Å². The summed E-state index contributed by atoms with van der Waals surface area (Å²) in [6.45, 7) is 5.68. The van der Waals surface area contributed by atoms with Gasteiger partial charge >= 0.3 is 6.09 Å². The average Bonchev–Trinajstić information content (AvgIpc) is 3.67. The van der Waals surface area contributed by atoms with E-state index < -0.39 is 5.60 Å². The van der Waals surface area contributed by atoms with E-state index in [1.165, 1.54) is 18.4 Å². The number of alkyl carbamates (subject to hydrolysis) is 1. The van der Waals surface area contributed by atoms with E-state index in [2.05, 4.69) is 80.7 Å². The molecule has 7 heteroatoms. The highest BCUT2D eigenvalue weighted by Gasteiger charge is 2.42. The molecule has 3 aliphatic carbocycles. The van der Waals surface area contributed by atoms with Gasteiger partial charge in [0.2, 0.25) is 0 Å². The van der Waals surface area contributed by atoms with Crippen molar-refractivity contribution in [3.8, 4) is 11.1 Å². The molecule has 4 aromatic rings. The second-order valence-electron chi connectivity index (χ2n) is 12.5. The van der Waals surface area contributed by atoms with E-state index in [4.69, 9.17) is 9.72 Å². The molecular weight excluding hydrogens is 498 g/mol. The fourth-order valence-corrected chi connectivity index (χ4v) is 6.07. The summed E-state index contributed by atoms with van der Waals surface area (Å²) in [5.74, 6) is 1.70. The predicted molar refractivity (Wildman–Crippen MR) is 156 cm³/mol. The summed E-state index contributed by atoms with van der Waals surface area (Å²) >= 11 is 0. The maximum absolute atomic E-state index is 12.7. The van der Waals surface area contributed by atoms with Crippen LogP contribution in [0.15, 0.2) is 72.5 Å². The van der Waals surface area contributed by atoms with Crippen molar-refractivity contribution in [3.63, 3.8) is 0 Å². The molecule has 0 radical (unpaired) electrons. The topological polar surface area (TPSA) is 81.4 Å². The van der Waals surface area contributed by atoms with E-state index in [0.717, 1.165) is 64.9 Å². The van der Waals surface area contributed by atoms with E-state index in [0.29, 0.717) is 5.92 Å². The second-order valence-corrected chi connectivity index (χ2v) is 12.5. The molecule has 7 nitrogen and oxygen atoms in total. The highest BCUT2D eigenvalue weighted by Crippen LogP contribution is 2.44. The molecule has 0 aliphatic heterocycles. The molecule has 1 aromatic carbocycles. The third kappa shape index (κ3) is 4.47. The van der Waals surface area contributed by atoms with E-state index in [1.807, 2.05) is 26.8 Å². The Morgan fingerprint density at radius 3 is 2.55 bits per heavy atom. The molecule has 0 saturated heterocycles. The Bertz CT molecular complexity index is 1670. The quantitative estimate of drug-likeness (QED) is 0.292. The molecule has 7 rings (SSSR count). The minimum Gasteiger partial charge on any atom is -0.444 e. The number of rotatable bonds is 5. The summed E-state index contributed by atoms with van der Waals surface area (Å²) in [4.78, 5) is 17.9. The Morgan fingerprint density at radius 1 is 1.10 bits per heavy atom. The van der Waals surface area contributed by atoms with Crippen LogP contribution in [-0.4, -0.2) is 36.8 Å². The van der Waals surface area contributed by atoms with Crippen LogP contribution in [-0.2, 0) is 4.74 Å². The molecule has 0 spiro atoms. The standard InChI is InChI=1S/C33H35N5O2/c1-32(2,3)40-31(39)35-33(17-7-18-33)24-14-12-22(13-15-24)28-25(21-8-5-4-6-9-21)20-26-27(34-28)16-19-38-29(23-10-11-23)36-37-30(26)38/h4-6,8-9,12,14-16,19-20,22-23H,7,10-11,13,17-18H2,1-3H3,(H,35,39). The van der Waals surface area contributed by atoms with Crippen LogP contribution < -0.4 is 5.32 Å². The Kier molecular flexibility index (Phi) is 5.81. The number of carbonyl (C=O) groups excluding carboxylic acids is 1. The smallest absolute Gasteiger partial charge is 0.408 e. The summed E-state index contributed by atoms with van der Waals surface area (Å²) in [5, 5.41) is 13.3. The van der Waals surface area contributed by atoms with Crippen molar-refractivity contribution in [2.24, 2.45) is 0 Å². The first kappa shape index (κ1) is 25.0. The van der Waals surface area contributed by atoms with Gasteiger partial charge in [-0.2, -0.15) is 0 Å². The molecule has 1 N–H and O–H groups in total. The van der Waals surface area contributed by atoms with Gasteiger partial charge in [0.25, 0.3) is 0 Å². The number of pyridine rings is 2. The maximum Gasteiger partial charge on any atom is 0.408 e. The molecule has 3 heterocycles. The first-order valence-electron chi connectivity index (χ1n) is 14.4. The summed E-state index contributed by atoms with van der Waals surface area (Å²) in [5.41, 5.74) is 5.42. The van der Waals surface area contributed by atoms with E-state index in [1.54, 1.807) is 0 Å². The van der Waals surface area contributed by atoms with Gasteiger partial charge in [-0.1, -0.05) is 48.6 Å². The monoisotopic (exact) mass is 533 g/mol. The van der Waals surface area contributed by atoms with Crippen LogP contribution in [0.4, 0.5) is 4.79 Å². The summed E-state index contributed by atoms with van der Waals surface area (Å²) in [6, 6.07) is 14.8. The lowest BCUT2D eigenvalue weighted by Crippen LogP contribution is -2.55. The van der Waals surface area contributed by atoms with Gasteiger partial charge < -0.3 is 10.1 Å². The number of hydrogen-bond acceptors (Lipinski definition) is 5. The number of fused-ring (bicyclic) bond motifs is 3. The van der Waals surface area contributed by atoms with Gasteiger partial charge in [0.1, 0.15) is 11.4 Å². The van der Waals surface area contributed by atoms with E-state index >= 15 is 0 Å². The zero-order valence-corrected chi connectivity index (χ0v) is 23.4. The average molecular weight is 534 g/mol. The van der Waals surface area contributed by atoms with Crippen molar-refractivity contribution in [1.82, 2.24) is 24.9 Å². The Labute approximate surface area is 234 Å². The third-order valence-electron chi connectivity index (χ3n) is 8.40. The molecule has 1 unspecified atom stereocenters. The Hall–Kier alpha value is -4.00.